The van der Waals surface area contributed by atoms with Crippen molar-refractivity contribution in [3.05, 3.63) is 89.2 Å². The summed E-state index contributed by atoms with van der Waals surface area (Å²) in [5.41, 5.74) is 5.58. The van der Waals surface area contributed by atoms with Gasteiger partial charge in [0, 0.05) is 67.1 Å². The zero-order valence-corrected chi connectivity index (χ0v) is 20.6. The molecule has 0 unspecified atom stereocenters. The summed E-state index contributed by atoms with van der Waals surface area (Å²) in [4.78, 5) is 30.5. The number of halogens is 2. The molecule has 0 radical (unpaired) electrons. The maximum absolute atomic E-state index is 13.3. The van der Waals surface area contributed by atoms with Gasteiger partial charge in [0.25, 0.3) is 0 Å². The van der Waals surface area contributed by atoms with Gasteiger partial charge in [-0.15, -0.1) is 0 Å². The average Bonchev–Trinajstić information content (AvgIpc) is 3.22. The molecule has 184 valence electrons. The molecule has 0 aliphatic carbocycles. The van der Waals surface area contributed by atoms with Crippen LogP contribution in [0.15, 0.2) is 67.1 Å². The molecule has 2 aromatic heterocycles. The van der Waals surface area contributed by atoms with Gasteiger partial charge in [-0.1, -0.05) is 23.7 Å². The molecule has 36 heavy (non-hydrogen) atoms. The molecule has 9 heteroatoms. The average molecular weight is 505 g/mol. The van der Waals surface area contributed by atoms with Gasteiger partial charge in [-0.05, 0) is 48.9 Å². The molecule has 3 heterocycles. The minimum Gasteiger partial charge on any atom is -0.369 e. The third-order valence-corrected chi connectivity index (χ3v) is 6.73. The van der Waals surface area contributed by atoms with Crippen molar-refractivity contribution in [2.24, 2.45) is 0 Å². The van der Waals surface area contributed by atoms with Crippen molar-refractivity contribution in [1.82, 2.24) is 19.9 Å². The Morgan fingerprint density at radius 1 is 1.06 bits per heavy atom. The van der Waals surface area contributed by atoms with E-state index < -0.39 is 0 Å². The van der Waals surface area contributed by atoms with Crippen molar-refractivity contribution < 1.29 is 9.18 Å². The molecule has 1 fully saturated rings. The van der Waals surface area contributed by atoms with E-state index in [1.165, 1.54) is 12.1 Å². The number of hydrogen-bond donors (Lipinski definition) is 1. The molecule has 7 nitrogen and oxygen atoms in total. The van der Waals surface area contributed by atoms with Crippen molar-refractivity contribution in [3.63, 3.8) is 0 Å². The van der Waals surface area contributed by atoms with Crippen LogP contribution in [0.25, 0.3) is 11.3 Å². The lowest BCUT2D eigenvalue weighted by atomic mass is 10.1. The minimum atomic E-state index is -0.231. The summed E-state index contributed by atoms with van der Waals surface area (Å²) in [6, 6.07) is 14.3. The van der Waals surface area contributed by atoms with E-state index in [4.69, 9.17) is 11.6 Å². The number of carbonyl (C=O) groups is 1. The van der Waals surface area contributed by atoms with Crippen LogP contribution in [0.2, 0.25) is 5.02 Å². The van der Waals surface area contributed by atoms with Crippen LogP contribution in [0, 0.1) is 12.7 Å². The van der Waals surface area contributed by atoms with Gasteiger partial charge in [0.05, 0.1) is 17.6 Å². The number of aromatic nitrogens is 3. The summed E-state index contributed by atoms with van der Waals surface area (Å²) in [5.74, 6) is 0.227. The number of piperazine rings is 1. The molecule has 1 amide bonds. The highest BCUT2D eigenvalue weighted by Gasteiger charge is 2.26. The molecular weight excluding hydrogens is 479 g/mol. The second-order valence-corrected chi connectivity index (χ2v) is 9.17. The third-order valence-electron chi connectivity index (χ3n) is 6.48. The summed E-state index contributed by atoms with van der Waals surface area (Å²) in [6.45, 7) is 5.89. The summed E-state index contributed by atoms with van der Waals surface area (Å²) in [5, 5.41) is 0.662. The normalized spacial score (nSPS) is 14.1. The Hall–Kier alpha value is -3.75. The first kappa shape index (κ1) is 24.0. The van der Waals surface area contributed by atoms with E-state index in [9.17, 15) is 9.18 Å². The Bertz CT molecular complexity index is 1320. The minimum absolute atomic E-state index is 0.231. The first-order chi connectivity index (χ1) is 17.5. The molecule has 0 atom stereocenters. The van der Waals surface area contributed by atoms with Crippen molar-refractivity contribution in [1.29, 1.82) is 0 Å². The SMILES string of the molecule is Cc1[nH]c(-c2ccc(Cl)cc2)c(CN2CCN(c3ccc(F)cc3)CC2)c1N(C=O)c1cnccn1. The molecule has 1 aliphatic rings. The number of rotatable bonds is 7. The number of anilines is 3. The van der Waals surface area contributed by atoms with E-state index in [2.05, 4.69) is 24.8 Å². The van der Waals surface area contributed by atoms with E-state index in [1.54, 1.807) is 23.5 Å². The van der Waals surface area contributed by atoms with Gasteiger partial charge in [-0.3, -0.25) is 19.6 Å². The molecule has 1 N–H and O–H groups in total. The second kappa shape index (κ2) is 10.5. The van der Waals surface area contributed by atoms with Crippen molar-refractivity contribution in [2.45, 2.75) is 13.5 Å². The fourth-order valence-electron chi connectivity index (χ4n) is 4.69. The molecule has 0 bridgehead atoms. The van der Waals surface area contributed by atoms with Crippen molar-refractivity contribution >= 4 is 35.2 Å². The quantitative estimate of drug-likeness (QED) is 0.351. The smallest absolute Gasteiger partial charge is 0.220 e. The van der Waals surface area contributed by atoms with E-state index in [1.807, 2.05) is 43.3 Å². The van der Waals surface area contributed by atoms with E-state index in [0.717, 1.165) is 66.5 Å². The highest BCUT2D eigenvalue weighted by molar-refractivity contribution is 6.30. The van der Waals surface area contributed by atoms with Gasteiger partial charge in [0.2, 0.25) is 6.41 Å². The van der Waals surface area contributed by atoms with Gasteiger partial charge in [0.15, 0.2) is 5.82 Å². The number of amides is 1. The van der Waals surface area contributed by atoms with Gasteiger partial charge < -0.3 is 9.88 Å². The van der Waals surface area contributed by atoms with Gasteiger partial charge >= 0.3 is 0 Å². The fraction of sp³-hybridized carbons (Fsp3) is 0.222. The Morgan fingerprint density at radius 3 is 2.42 bits per heavy atom. The van der Waals surface area contributed by atoms with E-state index in [0.29, 0.717) is 17.4 Å². The number of nitrogens with one attached hydrogen (secondary N) is 1. The second-order valence-electron chi connectivity index (χ2n) is 8.74. The summed E-state index contributed by atoms with van der Waals surface area (Å²) in [7, 11) is 0. The number of aryl methyl sites for hydroxylation is 1. The number of benzene rings is 2. The lowest BCUT2D eigenvalue weighted by Crippen LogP contribution is -2.46. The predicted octanol–water partition coefficient (Wildman–Crippen LogP) is 5.19. The van der Waals surface area contributed by atoms with E-state index in [-0.39, 0.29) is 5.82 Å². The number of nitrogens with zero attached hydrogens (tertiary/aromatic N) is 5. The molecular formula is C27H26ClFN6O. The van der Waals surface area contributed by atoms with Crippen molar-refractivity contribution in [2.75, 3.05) is 36.0 Å². The lowest BCUT2D eigenvalue weighted by Gasteiger charge is -2.36. The molecule has 4 aromatic rings. The van der Waals surface area contributed by atoms with Crippen LogP contribution >= 0.6 is 11.6 Å². The monoisotopic (exact) mass is 504 g/mol. The molecule has 1 saturated heterocycles. The van der Waals surface area contributed by atoms with E-state index >= 15 is 0 Å². The van der Waals surface area contributed by atoms with Crippen LogP contribution in [0.5, 0.6) is 0 Å². The van der Waals surface area contributed by atoms with Crippen LogP contribution in [0.4, 0.5) is 21.6 Å². The zero-order valence-electron chi connectivity index (χ0n) is 19.9. The standard InChI is InChI=1S/C27H26ClFN6O/c1-19-27(35(18-36)25-16-30-10-11-31-25)24(26(32-19)20-2-4-21(28)5-3-20)17-33-12-14-34(15-13-33)23-8-6-22(29)7-9-23/h2-11,16,18,32H,12-15,17H2,1H3. The Labute approximate surface area is 214 Å². The molecule has 0 saturated carbocycles. The van der Waals surface area contributed by atoms with Gasteiger partial charge in [0.1, 0.15) is 5.82 Å². The van der Waals surface area contributed by atoms with Crippen LogP contribution in [-0.4, -0.2) is 52.4 Å². The first-order valence-corrected chi connectivity index (χ1v) is 12.1. The number of hydrogen-bond acceptors (Lipinski definition) is 5. The Morgan fingerprint density at radius 2 is 1.78 bits per heavy atom. The lowest BCUT2D eigenvalue weighted by molar-refractivity contribution is -0.106. The topological polar surface area (TPSA) is 68.4 Å². The largest absolute Gasteiger partial charge is 0.369 e. The van der Waals surface area contributed by atoms with Crippen LogP contribution in [-0.2, 0) is 11.3 Å². The maximum atomic E-state index is 13.3. The van der Waals surface area contributed by atoms with Gasteiger partial charge in [-0.25, -0.2) is 9.37 Å². The molecule has 0 spiro atoms. The highest BCUT2D eigenvalue weighted by atomic mass is 35.5. The zero-order chi connectivity index (χ0) is 25.1. The fourth-order valence-corrected chi connectivity index (χ4v) is 4.81. The molecule has 1 aliphatic heterocycles. The predicted molar refractivity (Wildman–Crippen MR) is 140 cm³/mol. The molecule has 5 rings (SSSR count). The number of carbonyl (C=O) groups excluding carboxylic acids is 1. The summed E-state index contributed by atoms with van der Waals surface area (Å²) in [6.07, 6.45) is 5.51. The highest BCUT2D eigenvalue weighted by Crippen LogP contribution is 2.38. The number of aromatic amines is 1. The summed E-state index contributed by atoms with van der Waals surface area (Å²) >= 11 is 6.14. The van der Waals surface area contributed by atoms with Gasteiger partial charge in [-0.2, -0.15) is 0 Å². The molecule has 2 aromatic carbocycles. The maximum Gasteiger partial charge on any atom is 0.220 e. The Balaban J connectivity index is 1.46. The summed E-state index contributed by atoms with van der Waals surface area (Å²) < 4.78 is 13.3. The van der Waals surface area contributed by atoms with Crippen LogP contribution in [0.1, 0.15) is 11.3 Å². The van der Waals surface area contributed by atoms with Crippen LogP contribution in [0.3, 0.4) is 0 Å². The third kappa shape index (κ3) is 4.96. The number of H-pyrrole nitrogens is 1. The first-order valence-electron chi connectivity index (χ1n) is 11.7. The van der Waals surface area contributed by atoms with Crippen LogP contribution < -0.4 is 9.80 Å². The Kier molecular flexibility index (Phi) is 6.97. The van der Waals surface area contributed by atoms with Crippen molar-refractivity contribution in [3.8, 4) is 11.3 Å².